The maximum atomic E-state index is 2.20. The minimum absolute atomic E-state index is 0. The van der Waals surface area contributed by atoms with Gasteiger partial charge < -0.3 is 0 Å². The summed E-state index contributed by atoms with van der Waals surface area (Å²) in [5.74, 6) is 0.309. The fraction of sp³-hybridized carbons (Fsp3) is 0.0526. The third-order valence-electron chi connectivity index (χ3n) is 3.40. The first kappa shape index (κ1) is 15.3. The quantitative estimate of drug-likeness (QED) is 0.491. The van der Waals surface area contributed by atoms with Gasteiger partial charge in [0.25, 0.3) is 0 Å². The van der Waals surface area contributed by atoms with Crippen LogP contribution in [0.1, 0.15) is 22.6 Å². The van der Waals surface area contributed by atoms with E-state index in [4.69, 9.17) is 0 Å². The van der Waals surface area contributed by atoms with E-state index in [9.17, 15) is 0 Å². The molecule has 3 aromatic carbocycles. The van der Waals surface area contributed by atoms with Crippen LogP contribution in [0, 0.1) is 0 Å². The van der Waals surface area contributed by atoms with Crippen LogP contribution in [0.4, 0.5) is 0 Å². The van der Waals surface area contributed by atoms with Crippen molar-refractivity contribution in [3.63, 3.8) is 0 Å². The Labute approximate surface area is 150 Å². The molecule has 0 saturated carbocycles. The topological polar surface area (TPSA) is 0 Å². The van der Waals surface area contributed by atoms with Crippen LogP contribution in [0.3, 0.4) is 0 Å². The standard InChI is InChI=1S/C19H16.Ca/c1-4-10-16(11-5-1)19(17-12-6-2-7-13-17)18-14-8-3-9-15-18;/h1-15,19H;. The van der Waals surface area contributed by atoms with Gasteiger partial charge in [-0.05, 0) is 16.7 Å². The van der Waals surface area contributed by atoms with E-state index in [-0.39, 0.29) is 37.7 Å². The van der Waals surface area contributed by atoms with E-state index < -0.39 is 0 Å². The van der Waals surface area contributed by atoms with Gasteiger partial charge in [-0.1, -0.05) is 91.0 Å². The molecular formula is C19H16Ca. The first-order valence-corrected chi connectivity index (χ1v) is 6.60. The zero-order valence-electron chi connectivity index (χ0n) is 11.4. The molecule has 0 spiro atoms. The van der Waals surface area contributed by atoms with Crippen molar-refractivity contribution < 1.29 is 0 Å². The molecule has 0 N–H and O–H groups in total. The molecule has 0 saturated heterocycles. The van der Waals surface area contributed by atoms with Crippen molar-refractivity contribution in [3.8, 4) is 0 Å². The van der Waals surface area contributed by atoms with Gasteiger partial charge in [-0.25, -0.2) is 0 Å². The van der Waals surface area contributed by atoms with Crippen LogP contribution in [0.25, 0.3) is 0 Å². The number of benzene rings is 3. The van der Waals surface area contributed by atoms with E-state index in [1.54, 1.807) is 0 Å². The van der Waals surface area contributed by atoms with Crippen LogP contribution >= 0.6 is 0 Å². The summed E-state index contributed by atoms with van der Waals surface area (Å²) in [7, 11) is 0. The molecule has 0 aliphatic carbocycles. The minimum atomic E-state index is 0. The van der Waals surface area contributed by atoms with Crippen molar-refractivity contribution in [2.24, 2.45) is 0 Å². The number of hydrogen-bond acceptors (Lipinski definition) is 0. The molecular weight excluding hydrogens is 268 g/mol. The predicted molar refractivity (Wildman–Crippen MR) is 86.0 cm³/mol. The Kier molecular flexibility index (Phi) is 5.85. The molecule has 0 bridgehead atoms. The molecule has 0 aromatic heterocycles. The normalized spacial score (nSPS) is 10.1. The van der Waals surface area contributed by atoms with Gasteiger partial charge in [0.15, 0.2) is 0 Å². The molecule has 0 aliphatic rings. The Bertz CT molecular complexity index is 524. The Morgan fingerprint density at radius 2 is 0.650 bits per heavy atom. The SMILES string of the molecule is [Ca].c1ccc(C(c2ccccc2)c2ccccc2)cc1. The molecule has 3 aromatic rings. The summed E-state index contributed by atoms with van der Waals surface area (Å²) in [6.45, 7) is 0. The van der Waals surface area contributed by atoms with Crippen molar-refractivity contribution in [2.75, 3.05) is 0 Å². The second-order valence-corrected chi connectivity index (χ2v) is 4.67. The van der Waals surface area contributed by atoms with Crippen LogP contribution in [-0.2, 0) is 0 Å². The van der Waals surface area contributed by atoms with Crippen LogP contribution in [0.2, 0.25) is 0 Å². The van der Waals surface area contributed by atoms with Crippen molar-refractivity contribution >= 4 is 37.7 Å². The third kappa shape index (κ3) is 3.52. The molecule has 20 heavy (non-hydrogen) atoms. The largest absolute Gasteiger partial charge is 0.0622 e. The summed E-state index contributed by atoms with van der Waals surface area (Å²) in [5.41, 5.74) is 4.00. The molecule has 0 aliphatic heterocycles. The van der Waals surface area contributed by atoms with Gasteiger partial charge in [0, 0.05) is 43.7 Å². The van der Waals surface area contributed by atoms with Gasteiger partial charge in [-0.15, -0.1) is 0 Å². The minimum Gasteiger partial charge on any atom is -0.0622 e. The first-order chi connectivity index (χ1) is 9.45. The van der Waals surface area contributed by atoms with Gasteiger partial charge >= 0.3 is 0 Å². The van der Waals surface area contributed by atoms with E-state index in [0.29, 0.717) is 5.92 Å². The molecule has 0 nitrogen and oxygen atoms in total. The fourth-order valence-electron chi connectivity index (χ4n) is 2.51. The zero-order chi connectivity index (χ0) is 12.9. The molecule has 0 unspecified atom stereocenters. The van der Waals surface area contributed by atoms with Gasteiger partial charge in [0.05, 0.1) is 0 Å². The van der Waals surface area contributed by atoms with Crippen LogP contribution in [-0.4, -0.2) is 37.7 Å². The van der Waals surface area contributed by atoms with Crippen LogP contribution in [0.15, 0.2) is 91.0 Å². The maximum Gasteiger partial charge on any atom is 0.0339 e. The van der Waals surface area contributed by atoms with Gasteiger partial charge in [-0.3, -0.25) is 0 Å². The van der Waals surface area contributed by atoms with Crippen LogP contribution < -0.4 is 0 Å². The van der Waals surface area contributed by atoms with Crippen molar-refractivity contribution in [3.05, 3.63) is 108 Å². The van der Waals surface area contributed by atoms with Crippen molar-refractivity contribution in [1.29, 1.82) is 0 Å². The summed E-state index contributed by atoms with van der Waals surface area (Å²) in [6.07, 6.45) is 0. The molecule has 2 radical (unpaired) electrons. The number of hydrogen-bond donors (Lipinski definition) is 0. The van der Waals surface area contributed by atoms with E-state index in [1.807, 2.05) is 0 Å². The van der Waals surface area contributed by atoms with E-state index in [1.165, 1.54) is 16.7 Å². The average Bonchev–Trinajstić information content (AvgIpc) is 2.51. The van der Waals surface area contributed by atoms with E-state index in [2.05, 4.69) is 91.0 Å². The maximum absolute atomic E-state index is 2.20. The summed E-state index contributed by atoms with van der Waals surface area (Å²) in [6, 6.07) is 32.0. The molecule has 3 rings (SSSR count). The van der Waals surface area contributed by atoms with Gasteiger partial charge in [0.1, 0.15) is 0 Å². The van der Waals surface area contributed by atoms with Crippen molar-refractivity contribution in [2.45, 2.75) is 5.92 Å². The zero-order valence-corrected chi connectivity index (χ0v) is 13.7. The Morgan fingerprint density at radius 3 is 0.900 bits per heavy atom. The Morgan fingerprint density at radius 1 is 0.400 bits per heavy atom. The first-order valence-electron chi connectivity index (χ1n) is 6.60. The summed E-state index contributed by atoms with van der Waals surface area (Å²) in [4.78, 5) is 0. The average molecular weight is 284 g/mol. The van der Waals surface area contributed by atoms with E-state index >= 15 is 0 Å². The Hall–Kier alpha value is -1.08. The second-order valence-electron chi connectivity index (χ2n) is 4.67. The third-order valence-corrected chi connectivity index (χ3v) is 3.40. The summed E-state index contributed by atoms with van der Waals surface area (Å²) >= 11 is 0. The van der Waals surface area contributed by atoms with Crippen LogP contribution in [0.5, 0.6) is 0 Å². The molecule has 0 fully saturated rings. The monoisotopic (exact) mass is 284 g/mol. The molecule has 0 heterocycles. The summed E-state index contributed by atoms with van der Waals surface area (Å²) < 4.78 is 0. The molecule has 0 amide bonds. The Balaban J connectivity index is 0.00000147. The smallest absolute Gasteiger partial charge is 0.0339 e. The summed E-state index contributed by atoms with van der Waals surface area (Å²) in [5, 5.41) is 0. The van der Waals surface area contributed by atoms with E-state index in [0.717, 1.165) is 0 Å². The van der Waals surface area contributed by atoms with Gasteiger partial charge in [-0.2, -0.15) is 0 Å². The number of rotatable bonds is 3. The fourth-order valence-corrected chi connectivity index (χ4v) is 2.51. The molecule has 0 atom stereocenters. The molecule has 94 valence electrons. The van der Waals surface area contributed by atoms with Gasteiger partial charge in [0.2, 0.25) is 0 Å². The second kappa shape index (κ2) is 7.64. The molecule has 1 heteroatoms. The predicted octanol–water partition coefficient (Wildman–Crippen LogP) is 4.49. The van der Waals surface area contributed by atoms with Crippen molar-refractivity contribution in [1.82, 2.24) is 0 Å².